The molecule has 18 heavy (non-hydrogen) atoms. The summed E-state index contributed by atoms with van der Waals surface area (Å²) in [5, 5.41) is 0. The molecule has 2 heteroatoms. The van der Waals surface area contributed by atoms with Gasteiger partial charge in [-0.15, -0.1) is 0 Å². The highest BCUT2D eigenvalue weighted by Gasteiger charge is 2.38. The summed E-state index contributed by atoms with van der Waals surface area (Å²) in [6.07, 6.45) is 13.7. The molecule has 0 atom stereocenters. The predicted octanol–water partition coefficient (Wildman–Crippen LogP) is 4.66. The van der Waals surface area contributed by atoms with Gasteiger partial charge in [0.05, 0.1) is 5.60 Å². The Morgan fingerprint density at radius 3 is 2.17 bits per heavy atom. The molecule has 0 radical (unpaired) electrons. The summed E-state index contributed by atoms with van der Waals surface area (Å²) in [5.41, 5.74) is -0.0712. The minimum atomic E-state index is -0.0712. The predicted molar refractivity (Wildman–Crippen MR) is 75.8 cm³/mol. The van der Waals surface area contributed by atoms with Crippen molar-refractivity contribution in [2.45, 2.75) is 89.6 Å². The molecule has 1 fully saturated rings. The van der Waals surface area contributed by atoms with Crippen LogP contribution in [0.4, 0.5) is 0 Å². The summed E-state index contributed by atoms with van der Waals surface area (Å²) < 4.78 is 5.50. The van der Waals surface area contributed by atoms with Crippen molar-refractivity contribution in [3.63, 3.8) is 0 Å². The lowest BCUT2D eigenvalue weighted by atomic mass is 9.76. The van der Waals surface area contributed by atoms with E-state index in [9.17, 15) is 4.79 Å². The minimum absolute atomic E-state index is 0.0712. The Labute approximate surface area is 112 Å². The third-order valence-corrected chi connectivity index (χ3v) is 4.28. The third kappa shape index (κ3) is 5.51. The number of carbonyl (C=O) groups excluding carboxylic acids is 1. The molecule has 1 saturated carbocycles. The molecule has 1 aliphatic carbocycles. The highest BCUT2D eigenvalue weighted by atomic mass is 16.5. The van der Waals surface area contributed by atoms with Crippen molar-refractivity contribution >= 4 is 5.78 Å². The zero-order valence-corrected chi connectivity index (χ0v) is 12.3. The molecule has 0 amide bonds. The van der Waals surface area contributed by atoms with Crippen LogP contribution in [-0.4, -0.2) is 18.5 Å². The van der Waals surface area contributed by atoms with Gasteiger partial charge in [0.2, 0.25) is 0 Å². The number of ether oxygens (including phenoxy) is 1. The zero-order chi connectivity index (χ0) is 13.3. The van der Waals surface area contributed by atoms with E-state index in [0.717, 1.165) is 25.7 Å². The number of unbranched alkanes of at least 4 members (excludes halogenated alkanes) is 6. The number of hydrogen-bond acceptors (Lipinski definition) is 2. The van der Waals surface area contributed by atoms with Gasteiger partial charge in [-0.3, -0.25) is 4.79 Å². The molecular weight excluding hydrogens is 224 g/mol. The van der Waals surface area contributed by atoms with Crippen LogP contribution in [0.25, 0.3) is 0 Å². The topological polar surface area (TPSA) is 26.3 Å². The lowest BCUT2D eigenvalue weighted by molar-refractivity contribution is -0.132. The van der Waals surface area contributed by atoms with E-state index in [1.807, 2.05) is 0 Å². The first kappa shape index (κ1) is 15.7. The molecule has 0 aliphatic heterocycles. The Morgan fingerprint density at radius 1 is 1.06 bits per heavy atom. The molecule has 2 nitrogen and oxygen atoms in total. The second-order valence-electron chi connectivity index (χ2n) is 5.83. The van der Waals surface area contributed by atoms with Gasteiger partial charge in [0.15, 0.2) is 0 Å². The summed E-state index contributed by atoms with van der Waals surface area (Å²) in [6, 6.07) is 0. The van der Waals surface area contributed by atoms with E-state index in [1.54, 1.807) is 7.11 Å². The molecule has 0 aromatic carbocycles. The van der Waals surface area contributed by atoms with Crippen molar-refractivity contribution < 1.29 is 9.53 Å². The fraction of sp³-hybridized carbons (Fsp3) is 0.938. The molecule has 1 aliphatic rings. The number of ketones is 1. The molecule has 0 spiro atoms. The maximum atomic E-state index is 11.9. The van der Waals surface area contributed by atoms with Crippen molar-refractivity contribution in [3.8, 4) is 0 Å². The number of hydrogen-bond donors (Lipinski definition) is 0. The monoisotopic (exact) mass is 254 g/mol. The first-order chi connectivity index (χ1) is 8.72. The highest BCUT2D eigenvalue weighted by molar-refractivity contribution is 5.79. The van der Waals surface area contributed by atoms with E-state index in [0.29, 0.717) is 12.2 Å². The first-order valence-corrected chi connectivity index (χ1v) is 7.79. The van der Waals surface area contributed by atoms with Crippen LogP contribution in [0.1, 0.15) is 84.0 Å². The second kappa shape index (κ2) is 8.68. The molecule has 0 bridgehead atoms. The smallest absolute Gasteiger partial charge is 0.135 e. The molecule has 0 aromatic rings. The lowest BCUT2D eigenvalue weighted by Gasteiger charge is -2.40. The van der Waals surface area contributed by atoms with Gasteiger partial charge in [-0.25, -0.2) is 0 Å². The fourth-order valence-corrected chi connectivity index (χ4v) is 2.75. The van der Waals surface area contributed by atoms with Gasteiger partial charge in [-0.1, -0.05) is 45.4 Å². The number of carbonyl (C=O) groups is 1. The summed E-state index contributed by atoms with van der Waals surface area (Å²) in [6.45, 7) is 2.24. The Morgan fingerprint density at radius 2 is 1.67 bits per heavy atom. The van der Waals surface area contributed by atoms with Crippen LogP contribution in [0.2, 0.25) is 0 Å². The average Bonchev–Trinajstić information content (AvgIpc) is 2.33. The summed E-state index contributed by atoms with van der Waals surface area (Å²) in [7, 11) is 1.75. The van der Waals surface area contributed by atoms with Crippen molar-refractivity contribution in [1.29, 1.82) is 0 Å². The van der Waals surface area contributed by atoms with E-state index in [1.165, 1.54) is 44.9 Å². The van der Waals surface area contributed by atoms with Gasteiger partial charge >= 0.3 is 0 Å². The van der Waals surface area contributed by atoms with Crippen LogP contribution in [0, 0.1) is 0 Å². The Kier molecular flexibility index (Phi) is 7.57. The molecule has 0 saturated heterocycles. The molecule has 0 aromatic heterocycles. The Hall–Kier alpha value is -0.370. The minimum Gasteiger partial charge on any atom is -0.378 e. The summed E-state index contributed by atoms with van der Waals surface area (Å²) in [4.78, 5) is 11.9. The van der Waals surface area contributed by atoms with Crippen LogP contribution in [0.15, 0.2) is 0 Å². The molecule has 0 unspecified atom stereocenters. The normalized spacial score (nSPS) is 17.4. The van der Waals surface area contributed by atoms with Gasteiger partial charge in [-0.2, -0.15) is 0 Å². The number of Topliss-reactive ketones (excluding diaryl/α,β-unsaturated/α-hetero) is 1. The third-order valence-electron chi connectivity index (χ3n) is 4.28. The van der Waals surface area contributed by atoms with Gasteiger partial charge in [0, 0.05) is 20.0 Å². The quantitative estimate of drug-likeness (QED) is 0.501. The van der Waals surface area contributed by atoms with Gasteiger partial charge in [-0.05, 0) is 25.7 Å². The maximum absolute atomic E-state index is 11.9. The van der Waals surface area contributed by atoms with Crippen molar-refractivity contribution in [3.05, 3.63) is 0 Å². The summed E-state index contributed by atoms with van der Waals surface area (Å²) >= 11 is 0. The Bertz CT molecular complexity index is 226. The van der Waals surface area contributed by atoms with Gasteiger partial charge in [0.1, 0.15) is 5.78 Å². The Balaban J connectivity index is 1.97. The fourth-order valence-electron chi connectivity index (χ4n) is 2.75. The van der Waals surface area contributed by atoms with E-state index < -0.39 is 0 Å². The van der Waals surface area contributed by atoms with Crippen molar-refractivity contribution in [1.82, 2.24) is 0 Å². The molecular formula is C16H30O2. The second-order valence-corrected chi connectivity index (χ2v) is 5.83. The van der Waals surface area contributed by atoms with Crippen molar-refractivity contribution in [2.75, 3.05) is 7.11 Å². The molecule has 1 rings (SSSR count). The maximum Gasteiger partial charge on any atom is 0.135 e. The average molecular weight is 254 g/mol. The van der Waals surface area contributed by atoms with Crippen LogP contribution in [0.3, 0.4) is 0 Å². The van der Waals surface area contributed by atoms with Gasteiger partial charge in [0.25, 0.3) is 0 Å². The van der Waals surface area contributed by atoms with Gasteiger partial charge < -0.3 is 4.74 Å². The summed E-state index contributed by atoms with van der Waals surface area (Å²) in [5.74, 6) is 0.408. The standard InChI is InChI=1S/C16H30O2/c1-3-4-5-6-7-8-9-11-15(17)14-16(18-2)12-10-13-16/h3-14H2,1-2H3. The molecule has 0 heterocycles. The van der Waals surface area contributed by atoms with E-state index in [2.05, 4.69) is 6.92 Å². The SMILES string of the molecule is CCCCCCCCCC(=O)CC1(OC)CCC1. The number of rotatable bonds is 11. The zero-order valence-electron chi connectivity index (χ0n) is 12.3. The van der Waals surface area contributed by atoms with Crippen LogP contribution >= 0.6 is 0 Å². The highest BCUT2D eigenvalue weighted by Crippen LogP contribution is 2.38. The van der Waals surface area contributed by atoms with E-state index in [-0.39, 0.29) is 5.60 Å². The van der Waals surface area contributed by atoms with Crippen molar-refractivity contribution in [2.24, 2.45) is 0 Å². The number of methoxy groups -OCH3 is 1. The van der Waals surface area contributed by atoms with Crippen LogP contribution < -0.4 is 0 Å². The van der Waals surface area contributed by atoms with Crippen LogP contribution in [0.5, 0.6) is 0 Å². The molecule has 106 valence electrons. The van der Waals surface area contributed by atoms with Crippen LogP contribution in [-0.2, 0) is 9.53 Å². The van der Waals surface area contributed by atoms with E-state index in [4.69, 9.17) is 4.74 Å². The first-order valence-electron chi connectivity index (χ1n) is 7.79. The largest absolute Gasteiger partial charge is 0.378 e. The molecule has 0 N–H and O–H groups in total. The van der Waals surface area contributed by atoms with E-state index >= 15 is 0 Å². The lowest BCUT2D eigenvalue weighted by Crippen LogP contribution is -2.41.